The summed E-state index contributed by atoms with van der Waals surface area (Å²) in [6.45, 7) is 4.44. The Morgan fingerprint density at radius 1 is 1.15 bits per heavy atom. The van der Waals surface area contributed by atoms with E-state index in [1.807, 2.05) is 20.9 Å². The minimum Gasteiger partial charge on any atom is -0.319 e. The molecule has 0 aliphatic heterocycles. The first-order valence-corrected chi connectivity index (χ1v) is 6.30. The molecule has 108 valence electrons. The van der Waals surface area contributed by atoms with E-state index in [1.165, 1.54) is 4.68 Å². The molecule has 3 nitrogen and oxygen atoms in total. The zero-order chi connectivity index (χ0) is 14.9. The van der Waals surface area contributed by atoms with Crippen LogP contribution in [0.5, 0.6) is 0 Å². The van der Waals surface area contributed by atoms with Gasteiger partial charge in [0.25, 0.3) is 0 Å². The van der Waals surface area contributed by atoms with Crippen LogP contribution in [-0.4, -0.2) is 23.4 Å². The lowest BCUT2D eigenvalue weighted by molar-refractivity contribution is 0.446. The number of nitrogens with one attached hydrogen (secondary N) is 1. The number of hydrogen-bond acceptors (Lipinski definition) is 2. The smallest absolute Gasteiger partial charge is 0.194 e. The number of benzene rings is 1. The number of halogens is 3. The molecule has 2 aromatic rings. The molecule has 0 fully saturated rings. The van der Waals surface area contributed by atoms with Crippen molar-refractivity contribution in [1.29, 1.82) is 0 Å². The van der Waals surface area contributed by atoms with Crippen LogP contribution in [0, 0.1) is 31.3 Å². The largest absolute Gasteiger partial charge is 0.319 e. The zero-order valence-electron chi connectivity index (χ0n) is 11.6. The molecule has 1 aromatic heterocycles. The number of aryl methyl sites for hydroxylation is 1. The molecule has 0 aliphatic carbocycles. The van der Waals surface area contributed by atoms with Gasteiger partial charge in [-0.15, -0.1) is 0 Å². The highest BCUT2D eigenvalue weighted by atomic mass is 19.2. The lowest BCUT2D eigenvalue weighted by Crippen LogP contribution is -2.11. The van der Waals surface area contributed by atoms with E-state index in [-0.39, 0.29) is 5.69 Å². The minimum absolute atomic E-state index is 0.178. The van der Waals surface area contributed by atoms with E-state index in [9.17, 15) is 13.2 Å². The van der Waals surface area contributed by atoms with E-state index in [0.717, 1.165) is 42.0 Å². The Balaban J connectivity index is 2.48. The first kappa shape index (κ1) is 14.6. The van der Waals surface area contributed by atoms with E-state index >= 15 is 0 Å². The summed E-state index contributed by atoms with van der Waals surface area (Å²) >= 11 is 0. The third-order valence-electron chi connectivity index (χ3n) is 3.28. The second kappa shape index (κ2) is 5.66. The minimum atomic E-state index is -1.47. The number of likely N-dealkylation sites (N-methyl/N-ethyl adjacent to an activating group) is 1. The summed E-state index contributed by atoms with van der Waals surface area (Å²) in [6.07, 6.45) is 0.764. The monoisotopic (exact) mass is 283 g/mol. The van der Waals surface area contributed by atoms with E-state index < -0.39 is 17.5 Å². The van der Waals surface area contributed by atoms with Crippen LogP contribution >= 0.6 is 0 Å². The van der Waals surface area contributed by atoms with Crippen molar-refractivity contribution in [1.82, 2.24) is 15.1 Å². The fourth-order valence-corrected chi connectivity index (χ4v) is 2.20. The molecule has 6 heteroatoms. The van der Waals surface area contributed by atoms with E-state index in [2.05, 4.69) is 10.4 Å². The van der Waals surface area contributed by atoms with Gasteiger partial charge in [0.1, 0.15) is 0 Å². The molecule has 0 spiro atoms. The van der Waals surface area contributed by atoms with Gasteiger partial charge < -0.3 is 5.32 Å². The lowest BCUT2D eigenvalue weighted by atomic mass is 10.1. The molecule has 1 N–H and O–H groups in total. The van der Waals surface area contributed by atoms with Crippen LogP contribution in [-0.2, 0) is 6.42 Å². The Kier molecular flexibility index (Phi) is 4.13. The first-order chi connectivity index (χ1) is 9.45. The molecule has 0 radical (unpaired) electrons. The molecule has 1 heterocycles. The van der Waals surface area contributed by atoms with Crippen LogP contribution in [0.1, 0.15) is 17.0 Å². The van der Waals surface area contributed by atoms with Gasteiger partial charge in [-0.3, -0.25) is 0 Å². The highest BCUT2D eigenvalue weighted by molar-refractivity contribution is 5.38. The zero-order valence-corrected chi connectivity index (χ0v) is 11.6. The van der Waals surface area contributed by atoms with Crippen molar-refractivity contribution >= 4 is 0 Å². The predicted octanol–water partition coefficient (Wildman–Crippen LogP) is 2.67. The van der Waals surface area contributed by atoms with Crippen molar-refractivity contribution in [3.8, 4) is 5.69 Å². The molecular weight excluding hydrogens is 267 g/mol. The summed E-state index contributed by atoms with van der Waals surface area (Å²) in [5.74, 6) is -3.90. The second-order valence-corrected chi connectivity index (χ2v) is 4.64. The maximum absolute atomic E-state index is 13.3. The van der Waals surface area contributed by atoms with Crippen molar-refractivity contribution in [2.24, 2.45) is 0 Å². The first-order valence-electron chi connectivity index (χ1n) is 6.30. The van der Waals surface area contributed by atoms with Gasteiger partial charge in [0, 0.05) is 17.8 Å². The average Bonchev–Trinajstić information content (AvgIpc) is 2.68. The molecule has 2 rings (SSSR count). The SMILES string of the molecule is CNCCc1c(C)nn(-c2cc(F)c(F)c(F)c2)c1C. The van der Waals surface area contributed by atoms with E-state index in [4.69, 9.17) is 0 Å². The maximum Gasteiger partial charge on any atom is 0.194 e. The van der Waals surface area contributed by atoms with Gasteiger partial charge in [-0.1, -0.05) is 0 Å². The van der Waals surface area contributed by atoms with Crippen molar-refractivity contribution in [3.05, 3.63) is 46.5 Å². The molecule has 0 unspecified atom stereocenters. The molecule has 20 heavy (non-hydrogen) atoms. The van der Waals surface area contributed by atoms with Gasteiger partial charge in [0.2, 0.25) is 0 Å². The summed E-state index contributed by atoms with van der Waals surface area (Å²) in [4.78, 5) is 0. The Morgan fingerprint density at radius 3 is 2.30 bits per heavy atom. The van der Waals surface area contributed by atoms with Crippen molar-refractivity contribution in [2.75, 3.05) is 13.6 Å². The van der Waals surface area contributed by atoms with Crippen molar-refractivity contribution in [3.63, 3.8) is 0 Å². The van der Waals surface area contributed by atoms with Crippen LogP contribution < -0.4 is 5.32 Å². The number of aromatic nitrogens is 2. The molecular formula is C14H16F3N3. The third kappa shape index (κ3) is 2.56. The van der Waals surface area contributed by atoms with Gasteiger partial charge in [-0.2, -0.15) is 5.10 Å². The third-order valence-corrected chi connectivity index (χ3v) is 3.28. The van der Waals surface area contributed by atoms with Gasteiger partial charge in [-0.05, 0) is 39.4 Å². The summed E-state index contributed by atoms with van der Waals surface area (Å²) in [5, 5.41) is 7.32. The predicted molar refractivity (Wildman–Crippen MR) is 70.5 cm³/mol. The van der Waals surface area contributed by atoms with Crippen LogP contribution in [0.15, 0.2) is 12.1 Å². The fourth-order valence-electron chi connectivity index (χ4n) is 2.20. The number of nitrogens with zero attached hydrogens (tertiary/aromatic N) is 2. The van der Waals surface area contributed by atoms with Crippen LogP contribution in [0.4, 0.5) is 13.2 Å². The molecule has 1 aromatic carbocycles. The Labute approximate surface area is 115 Å². The topological polar surface area (TPSA) is 29.9 Å². The summed E-state index contributed by atoms with van der Waals surface area (Å²) in [5.41, 5.74) is 2.79. The number of rotatable bonds is 4. The van der Waals surface area contributed by atoms with Gasteiger partial charge in [0.15, 0.2) is 17.5 Å². The molecule has 0 saturated heterocycles. The number of hydrogen-bond donors (Lipinski definition) is 1. The molecule has 0 amide bonds. The fraction of sp³-hybridized carbons (Fsp3) is 0.357. The quantitative estimate of drug-likeness (QED) is 0.874. The Morgan fingerprint density at radius 2 is 1.75 bits per heavy atom. The van der Waals surface area contributed by atoms with Crippen LogP contribution in [0.2, 0.25) is 0 Å². The second-order valence-electron chi connectivity index (χ2n) is 4.64. The Bertz CT molecular complexity index is 612. The average molecular weight is 283 g/mol. The molecule has 0 atom stereocenters. The van der Waals surface area contributed by atoms with Crippen LogP contribution in [0.3, 0.4) is 0 Å². The lowest BCUT2D eigenvalue weighted by Gasteiger charge is -2.07. The molecule has 0 bridgehead atoms. The highest BCUT2D eigenvalue weighted by Crippen LogP contribution is 2.21. The van der Waals surface area contributed by atoms with Crippen molar-refractivity contribution in [2.45, 2.75) is 20.3 Å². The summed E-state index contributed by atoms with van der Waals surface area (Å²) in [6, 6.07) is 1.89. The standard InChI is InChI=1S/C14H16F3N3/c1-8-11(4-5-18-3)9(2)20(19-8)10-6-12(15)14(17)13(16)7-10/h6-7,18H,4-5H2,1-3H3. The van der Waals surface area contributed by atoms with Crippen LogP contribution in [0.25, 0.3) is 5.69 Å². The van der Waals surface area contributed by atoms with Crippen molar-refractivity contribution < 1.29 is 13.2 Å². The highest BCUT2D eigenvalue weighted by Gasteiger charge is 2.16. The Hall–Kier alpha value is -1.82. The van der Waals surface area contributed by atoms with E-state index in [0.29, 0.717) is 0 Å². The maximum atomic E-state index is 13.3. The van der Waals surface area contributed by atoms with Gasteiger partial charge >= 0.3 is 0 Å². The van der Waals surface area contributed by atoms with E-state index in [1.54, 1.807) is 0 Å². The summed E-state index contributed by atoms with van der Waals surface area (Å²) in [7, 11) is 1.85. The summed E-state index contributed by atoms with van der Waals surface area (Å²) < 4.78 is 41.0. The molecule has 0 saturated carbocycles. The normalized spacial score (nSPS) is 11.1. The molecule has 0 aliphatic rings. The van der Waals surface area contributed by atoms with Gasteiger partial charge in [-0.25, -0.2) is 17.9 Å². The van der Waals surface area contributed by atoms with Gasteiger partial charge in [0.05, 0.1) is 11.4 Å².